The van der Waals surface area contributed by atoms with Gasteiger partial charge in [0.2, 0.25) is 11.9 Å². The monoisotopic (exact) mass is 600 g/mol. The molecule has 230 valence electrons. The Labute approximate surface area is 264 Å². The molecular formula is C36H40N8O. The number of carbonyl (C=O) groups excluding carboxylic acids is 1. The van der Waals surface area contributed by atoms with Gasteiger partial charge in [0.05, 0.1) is 29.8 Å². The second-order valence-corrected chi connectivity index (χ2v) is 12.6. The number of aromatic amines is 2. The van der Waals surface area contributed by atoms with E-state index in [4.69, 9.17) is 4.98 Å². The molecule has 2 atom stereocenters. The molecule has 3 aromatic heterocycles. The number of likely N-dealkylation sites (tertiary alicyclic amines) is 1. The number of imidazole rings is 2. The number of anilines is 1. The maximum atomic E-state index is 13.7. The van der Waals surface area contributed by atoms with Crippen LogP contribution in [0.2, 0.25) is 0 Å². The Morgan fingerprint density at radius 1 is 0.756 bits per heavy atom. The summed E-state index contributed by atoms with van der Waals surface area (Å²) in [6.07, 6.45) is 14.1. The summed E-state index contributed by atoms with van der Waals surface area (Å²) in [6.45, 7) is 4.78. The molecular weight excluding hydrogens is 560 g/mol. The molecule has 5 aromatic rings. The van der Waals surface area contributed by atoms with Gasteiger partial charge >= 0.3 is 0 Å². The van der Waals surface area contributed by atoms with E-state index in [0.717, 1.165) is 52.6 Å². The minimum Gasteiger partial charge on any atom is -0.342 e. The quantitative estimate of drug-likeness (QED) is 0.163. The van der Waals surface area contributed by atoms with Gasteiger partial charge in [0.1, 0.15) is 17.7 Å². The molecule has 1 saturated carbocycles. The molecule has 9 nitrogen and oxygen atoms in total. The topological polar surface area (TPSA) is 115 Å². The number of carbonyl (C=O) groups is 1. The molecule has 1 saturated heterocycles. The first-order valence-corrected chi connectivity index (χ1v) is 16.2. The van der Waals surface area contributed by atoms with Crippen LogP contribution in [0.25, 0.3) is 33.6 Å². The van der Waals surface area contributed by atoms with Crippen molar-refractivity contribution in [2.24, 2.45) is 5.92 Å². The Balaban J connectivity index is 1.03. The lowest BCUT2D eigenvalue weighted by atomic mass is 10.0. The predicted octanol–water partition coefficient (Wildman–Crippen LogP) is 7.38. The Hall–Kier alpha value is -4.79. The zero-order valence-corrected chi connectivity index (χ0v) is 25.9. The lowest BCUT2D eigenvalue weighted by Gasteiger charge is -2.30. The number of amides is 1. The van der Waals surface area contributed by atoms with Gasteiger partial charge in [-0.2, -0.15) is 0 Å². The van der Waals surface area contributed by atoms with Gasteiger partial charge in [0, 0.05) is 24.9 Å². The SMILES string of the molecule is CC(C)[C@H](Nc1ncccn1)C(=O)N1CCC[C@H]1c1ncc(-c2ccc(-c3ccc(-c4cnc(C5CCCC5)[nH]4)cc3)cc2)[nH]1. The van der Waals surface area contributed by atoms with E-state index in [9.17, 15) is 4.79 Å². The van der Waals surface area contributed by atoms with Crippen LogP contribution in [0.3, 0.4) is 0 Å². The van der Waals surface area contributed by atoms with Crippen molar-refractivity contribution in [2.75, 3.05) is 11.9 Å². The highest BCUT2D eigenvalue weighted by Gasteiger charge is 2.37. The van der Waals surface area contributed by atoms with Crippen molar-refractivity contribution in [3.05, 3.63) is 91.0 Å². The van der Waals surface area contributed by atoms with Crippen LogP contribution in [0.15, 0.2) is 79.4 Å². The highest BCUT2D eigenvalue weighted by atomic mass is 16.2. The van der Waals surface area contributed by atoms with Crippen LogP contribution >= 0.6 is 0 Å². The van der Waals surface area contributed by atoms with Gasteiger partial charge in [-0.1, -0.05) is 75.2 Å². The fourth-order valence-electron chi connectivity index (χ4n) is 6.75. The molecule has 2 aliphatic rings. The van der Waals surface area contributed by atoms with Gasteiger partial charge in [-0.3, -0.25) is 4.79 Å². The van der Waals surface area contributed by atoms with Crippen molar-refractivity contribution in [1.29, 1.82) is 0 Å². The van der Waals surface area contributed by atoms with Crippen LogP contribution in [0, 0.1) is 5.92 Å². The van der Waals surface area contributed by atoms with Crippen molar-refractivity contribution in [2.45, 2.75) is 70.4 Å². The first-order valence-electron chi connectivity index (χ1n) is 16.2. The fourth-order valence-corrected chi connectivity index (χ4v) is 6.75. The molecule has 9 heteroatoms. The summed E-state index contributed by atoms with van der Waals surface area (Å²) in [4.78, 5) is 40.7. The third-order valence-electron chi connectivity index (χ3n) is 9.29. The van der Waals surface area contributed by atoms with Crippen LogP contribution in [-0.2, 0) is 4.79 Å². The number of aromatic nitrogens is 6. The summed E-state index contributed by atoms with van der Waals surface area (Å²) in [5.41, 5.74) is 6.56. The van der Waals surface area contributed by atoms with E-state index >= 15 is 0 Å². The molecule has 7 rings (SSSR count). The van der Waals surface area contributed by atoms with E-state index in [0.29, 0.717) is 18.4 Å². The highest BCUT2D eigenvalue weighted by Crippen LogP contribution is 2.35. The number of benzene rings is 2. The van der Waals surface area contributed by atoms with Crippen molar-refractivity contribution in [1.82, 2.24) is 34.8 Å². The summed E-state index contributed by atoms with van der Waals surface area (Å²) < 4.78 is 0. The predicted molar refractivity (Wildman–Crippen MR) is 176 cm³/mol. The molecule has 0 radical (unpaired) electrons. The molecule has 1 aliphatic heterocycles. The zero-order valence-electron chi connectivity index (χ0n) is 25.9. The standard InChI is InChI=1S/C36H40N8O/c1-23(2)32(43-36-37-18-6-19-38-36)35(45)44-20-5-9-31(44)34-40-22-30(42-34)27-16-12-25(13-17-27)24-10-14-26(15-11-24)29-21-39-33(41-29)28-7-3-4-8-28/h6,10-19,21-23,28,31-32H,3-5,7-9,20H2,1-2H3,(H,39,41)(H,40,42)(H,37,38,43)/t31-,32-/m0/s1. The van der Waals surface area contributed by atoms with E-state index in [1.165, 1.54) is 31.2 Å². The number of nitrogens with zero attached hydrogens (tertiary/aromatic N) is 5. The number of rotatable bonds is 9. The molecule has 0 bridgehead atoms. The maximum Gasteiger partial charge on any atom is 0.246 e. The molecule has 0 unspecified atom stereocenters. The van der Waals surface area contributed by atoms with E-state index in [1.54, 1.807) is 18.5 Å². The lowest BCUT2D eigenvalue weighted by molar-refractivity contribution is -0.134. The average molecular weight is 601 g/mol. The second-order valence-electron chi connectivity index (χ2n) is 12.6. The van der Waals surface area contributed by atoms with Crippen LogP contribution in [0.5, 0.6) is 0 Å². The van der Waals surface area contributed by atoms with Gasteiger partial charge in [0.15, 0.2) is 0 Å². The summed E-state index contributed by atoms with van der Waals surface area (Å²) in [7, 11) is 0. The van der Waals surface area contributed by atoms with E-state index in [-0.39, 0.29) is 17.9 Å². The highest BCUT2D eigenvalue weighted by molar-refractivity contribution is 5.85. The first-order chi connectivity index (χ1) is 22.0. The van der Waals surface area contributed by atoms with E-state index in [1.807, 2.05) is 31.1 Å². The van der Waals surface area contributed by atoms with Crippen LogP contribution < -0.4 is 5.32 Å². The molecule has 2 aromatic carbocycles. The van der Waals surface area contributed by atoms with E-state index < -0.39 is 6.04 Å². The Morgan fingerprint density at radius 2 is 1.31 bits per heavy atom. The number of H-pyrrole nitrogens is 2. The first kappa shape index (κ1) is 29.0. The molecule has 3 N–H and O–H groups in total. The largest absolute Gasteiger partial charge is 0.342 e. The average Bonchev–Trinajstić information content (AvgIpc) is 3.91. The van der Waals surface area contributed by atoms with Crippen molar-refractivity contribution >= 4 is 11.9 Å². The van der Waals surface area contributed by atoms with Crippen LogP contribution in [-0.4, -0.2) is 53.3 Å². The molecule has 45 heavy (non-hydrogen) atoms. The smallest absolute Gasteiger partial charge is 0.246 e. The minimum atomic E-state index is -0.419. The van der Waals surface area contributed by atoms with Crippen molar-refractivity contribution in [3.63, 3.8) is 0 Å². The lowest BCUT2D eigenvalue weighted by Crippen LogP contribution is -2.45. The van der Waals surface area contributed by atoms with Crippen LogP contribution in [0.4, 0.5) is 5.95 Å². The van der Waals surface area contributed by atoms with Crippen LogP contribution in [0.1, 0.15) is 76.0 Å². The molecule has 1 aliphatic carbocycles. The minimum absolute atomic E-state index is 0.0510. The normalized spacial score (nSPS) is 17.7. The summed E-state index contributed by atoms with van der Waals surface area (Å²) in [5, 5.41) is 3.25. The summed E-state index contributed by atoms with van der Waals surface area (Å²) in [6, 6.07) is 18.5. The van der Waals surface area contributed by atoms with E-state index in [2.05, 4.69) is 78.8 Å². The van der Waals surface area contributed by atoms with Gasteiger partial charge in [-0.15, -0.1) is 0 Å². The third-order valence-corrected chi connectivity index (χ3v) is 9.29. The number of hydrogen-bond acceptors (Lipinski definition) is 6. The Kier molecular flexibility index (Phi) is 8.15. The second kappa shape index (κ2) is 12.7. The van der Waals surface area contributed by atoms with Crippen molar-refractivity contribution in [3.8, 4) is 33.6 Å². The summed E-state index contributed by atoms with van der Waals surface area (Å²) in [5.74, 6) is 3.12. The zero-order chi connectivity index (χ0) is 30.8. The van der Waals surface area contributed by atoms with Gasteiger partial charge in [-0.25, -0.2) is 19.9 Å². The molecule has 2 fully saturated rings. The number of hydrogen-bond donors (Lipinski definition) is 3. The van der Waals surface area contributed by atoms with Gasteiger partial charge < -0.3 is 20.2 Å². The van der Waals surface area contributed by atoms with Crippen molar-refractivity contribution < 1.29 is 4.79 Å². The molecule has 1 amide bonds. The molecule has 0 spiro atoms. The molecule has 4 heterocycles. The third kappa shape index (κ3) is 6.12. The fraction of sp³-hybridized carbons (Fsp3) is 0.361. The Morgan fingerprint density at radius 3 is 1.91 bits per heavy atom. The number of nitrogens with one attached hydrogen (secondary N) is 3. The summed E-state index contributed by atoms with van der Waals surface area (Å²) >= 11 is 0. The maximum absolute atomic E-state index is 13.7. The van der Waals surface area contributed by atoms with Gasteiger partial charge in [0.25, 0.3) is 0 Å². The Bertz CT molecular complexity index is 1720. The van der Waals surface area contributed by atoms with Gasteiger partial charge in [-0.05, 0) is 59.9 Å².